The van der Waals surface area contributed by atoms with Crippen LogP contribution in [0.3, 0.4) is 0 Å². The zero-order chi connectivity index (χ0) is 12.1. The third-order valence-corrected chi connectivity index (χ3v) is 3.26. The first-order chi connectivity index (χ1) is 7.50. The van der Waals surface area contributed by atoms with Gasteiger partial charge in [-0.1, -0.05) is 0 Å². The monoisotopic (exact) mass is 242 g/mol. The summed E-state index contributed by atoms with van der Waals surface area (Å²) in [4.78, 5) is 13.5. The van der Waals surface area contributed by atoms with Gasteiger partial charge in [-0.3, -0.25) is 9.69 Å². The van der Waals surface area contributed by atoms with E-state index in [9.17, 15) is 4.79 Å². The first kappa shape index (κ1) is 13.1. The highest BCUT2D eigenvalue weighted by atomic mass is 32.1. The molecule has 0 aliphatic carbocycles. The van der Waals surface area contributed by atoms with Crippen LogP contribution in [0.5, 0.6) is 0 Å². The standard InChI is InChI=1S/C10H18N4OS/c1-7(14(3)4)10(15)11-6-5-9-13-12-8(2)16-9/h7H,5-6H2,1-4H3,(H,11,15). The summed E-state index contributed by atoms with van der Waals surface area (Å²) in [6.45, 7) is 4.42. The quantitative estimate of drug-likeness (QED) is 0.815. The van der Waals surface area contributed by atoms with Gasteiger partial charge in [-0.25, -0.2) is 0 Å². The molecule has 16 heavy (non-hydrogen) atoms. The van der Waals surface area contributed by atoms with Gasteiger partial charge in [0.1, 0.15) is 10.0 Å². The number of rotatable bonds is 5. The van der Waals surface area contributed by atoms with Crippen LogP contribution in [0.1, 0.15) is 16.9 Å². The van der Waals surface area contributed by atoms with E-state index in [0.717, 1.165) is 16.4 Å². The molecule has 5 nitrogen and oxygen atoms in total. The Bertz CT molecular complexity index is 350. The van der Waals surface area contributed by atoms with Crippen molar-refractivity contribution in [1.82, 2.24) is 20.4 Å². The second-order valence-electron chi connectivity index (χ2n) is 3.90. The summed E-state index contributed by atoms with van der Waals surface area (Å²) >= 11 is 1.57. The highest BCUT2D eigenvalue weighted by Gasteiger charge is 2.13. The number of nitrogens with zero attached hydrogens (tertiary/aromatic N) is 3. The lowest BCUT2D eigenvalue weighted by Gasteiger charge is -2.18. The maximum Gasteiger partial charge on any atom is 0.237 e. The second-order valence-corrected chi connectivity index (χ2v) is 5.16. The van der Waals surface area contributed by atoms with Gasteiger partial charge < -0.3 is 5.32 Å². The number of carbonyl (C=O) groups excluding carboxylic acids is 1. The lowest BCUT2D eigenvalue weighted by atomic mass is 10.3. The number of carbonyl (C=O) groups is 1. The van der Waals surface area contributed by atoms with Crippen molar-refractivity contribution in [3.8, 4) is 0 Å². The second kappa shape index (κ2) is 5.91. The van der Waals surface area contributed by atoms with Gasteiger partial charge >= 0.3 is 0 Å². The van der Waals surface area contributed by atoms with Gasteiger partial charge in [0.15, 0.2) is 0 Å². The van der Waals surface area contributed by atoms with Gasteiger partial charge in [0.25, 0.3) is 0 Å². The number of hydrogen-bond donors (Lipinski definition) is 1. The molecule has 0 aromatic carbocycles. The largest absolute Gasteiger partial charge is 0.354 e. The van der Waals surface area contributed by atoms with E-state index in [1.807, 2.05) is 32.8 Å². The molecule has 1 atom stereocenters. The highest BCUT2D eigenvalue weighted by molar-refractivity contribution is 7.11. The number of amides is 1. The fourth-order valence-corrected chi connectivity index (χ4v) is 1.82. The third-order valence-electron chi connectivity index (χ3n) is 2.36. The minimum absolute atomic E-state index is 0.0474. The summed E-state index contributed by atoms with van der Waals surface area (Å²) in [6.07, 6.45) is 0.747. The highest BCUT2D eigenvalue weighted by Crippen LogP contribution is 2.07. The minimum Gasteiger partial charge on any atom is -0.354 e. The van der Waals surface area contributed by atoms with Crippen LogP contribution in [-0.2, 0) is 11.2 Å². The topological polar surface area (TPSA) is 58.1 Å². The van der Waals surface area contributed by atoms with E-state index < -0.39 is 0 Å². The molecule has 0 aliphatic rings. The Morgan fingerprint density at radius 1 is 1.50 bits per heavy atom. The molecule has 90 valence electrons. The minimum atomic E-state index is -0.101. The molecule has 0 fully saturated rings. The van der Waals surface area contributed by atoms with E-state index in [2.05, 4.69) is 15.5 Å². The summed E-state index contributed by atoms with van der Waals surface area (Å²) in [6, 6.07) is -0.101. The van der Waals surface area contributed by atoms with Gasteiger partial charge in [-0.05, 0) is 27.9 Å². The van der Waals surface area contributed by atoms with E-state index in [4.69, 9.17) is 0 Å². The lowest BCUT2D eigenvalue weighted by molar-refractivity contribution is -0.124. The zero-order valence-electron chi connectivity index (χ0n) is 10.1. The van der Waals surface area contributed by atoms with Crippen LogP contribution in [0, 0.1) is 6.92 Å². The number of hydrogen-bond acceptors (Lipinski definition) is 5. The van der Waals surface area contributed by atoms with Gasteiger partial charge in [-0.2, -0.15) is 0 Å². The van der Waals surface area contributed by atoms with Crippen LogP contribution in [-0.4, -0.2) is 47.7 Å². The van der Waals surface area contributed by atoms with Crippen LogP contribution in [0.2, 0.25) is 0 Å². The molecule has 0 radical (unpaired) electrons. The van der Waals surface area contributed by atoms with Crippen molar-refractivity contribution in [2.75, 3.05) is 20.6 Å². The number of nitrogens with one attached hydrogen (secondary N) is 1. The Hall–Kier alpha value is -1.01. The molecule has 0 aliphatic heterocycles. The maximum atomic E-state index is 11.6. The fraction of sp³-hybridized carbons (Fsp3) is 0.700. The molecule has 0 saturated carbocycles. The van der Waals surface area contributed by atoms with E-state index in [-0.39, 0.29) is 11.9 Å². The molecular weight excluding hydrogens is 224 g/mol. The lowest BCUT2D eigenvalue weighted by Crippen LogP contribution is -2.42. The summed E-state index contributed by atoms with van der Waals surface area (Å²) in [5.74, 6) is 0.0474. The summed E-state index contributed by atoms with van der Waals surface area (Å²) in [5, 5.41) is 12.7. The van der Waals surface area contributed by atoms with Crippen molar-refractivity contribution in [3.63, 3.8) is 0 Å². The van der Waals surface area contributed by atoms with Crippen LogP contribution < -0.4 is 5.32 Å². The normalized spacial score (nSPS) is 12.8. The number of likely N-dealkylation sites (N-methyl/N-ethyl adjacent to an activating group) is 1. The van der Waals surface area contributed by atoms with Gasteiger partial charge in [0, 0.05) is 13.0 Å². The van der Waals surface area contributed by atoms with Crippen molar-refractivity contribution >= 4 is 17.2 Å². The zero-order valence-corrected chi connectivity index (χ0v) is 11.0. The van der Waals surface area contributed by atoms with E-state index in [0.29, 0.717) is 6.54 Å². The molecule has 0 spiro atoms. The van der Waals surface area contributed by atoms with Crippen molar-refractivity contribution in [1.29, 1.82) is 0 Å². The van der Waals surface area contributed by atoms with Crippen LogP contribution in [0.25, 0.3) is 0 Å². The maximum absolute atomic E-state index is 11.6. The van der Waals surface area contributed by atoms with Crippen LogP contribution in [0.15, 0.2) is 0 Å². The number of aryl methyl sites for hydroxylation is 1. The Kier molecular flexibility index (Phi) is 4.82. The van der Waals surface area contributed by atoms with Gasteiger partial charge in [0.05, 0.1) is 6.04 Å². The SMILES string of the molecule is Cc1nnc(CCNC(=O)C(C)N(C)C)s1. The van der Waals surface area contributed by atoms with Crippen molar-refractivity contribution in [3.05, 3.63) is 10.0 Å². The van der Waals surface area contributed by atoms with Crippen molar-refractivity contribution in [2.45, 2.75) is 26.3 Å². The fourth-order valence-electron chi connectivity index (χ4n) is 1.11. The first-order valence-electron chi connectivity index (χ1n) is 5.24. The summed E-state index contributed by atoms with van der Waals surface area (Å²) in [5.41, 5.74) is 0. The Morgan fingerprint density at radius 3 is 2.69 bits per heavy atom. The van der Waals surface area contributed by atoms with Crippen molar-refractivity contribution in [2.24, 2.45) is 0 Å². The third kappa shape index (κ3) is 3.86. The molecule has 0 saturated heterocycles. The Balaban J connectivity index is 2.28. The van der Waals surface area contributed by atoms with Crippen LogP contribution >= 0.6 is 11.3 Å². The van der Waals surface area contributed by atoms with Gasteiger partial charge in [0.2, 0.25) is 5.91 Å². The summed E-state index contributed by atoms with van der Waals surface area (Å²) < 4.78 is 0. The predicted octanol–water partition coefficient (Wildman–Crippen LogP) is 0.455. The average molecular weight is 242 g/mol. The molecule has 1 heterocycles. The first-order valence-corrected chi connectivity index (χ1v) is 6.05. The molecule has 0 bridgehead atoms. The van der Waals surface area contributed by atoms with E-state index >= 15 is 0 Å². The van der Waals surface area contributed by atoms with E-state index in [1.165, 1.54) is 0 Å². The predicted molar refractivity (Wildman–Crippen MR) is 64.5 cm³/mol. The molecule has 1 aromatic rings. The molecule has 6 heteroatoms. The smallest absolute Gasteiger partial charge is 0.237 e. The molecule has 1 amide bonds. The molecule has 1 unspecified atom stereocenters. The molecule has 1 aromatic heterocycles. The van der Waals surface area contributed by atoms with E-state index in [1.54, 1.807) is 11.3 Å². The summed E-state index contributed by atoms with van der Waals surface area (Å²) in [7, 11) is 3.77. The molecule has 1 N–H and O–H groups in total. The Labute approximate surface area is 99.9 Å². The molecule has 1 rings (SSSR count). The van der Waals surface area contributed by atoms with Gasteiger partial charge in [-0.15, -0.1) is 21.5 Å². The van der Waals surface area contributed by atoms with Crippen molar-refractivity contribution < 1.29 is 4.79 Å². The number of aromatic nitrogens is 2. The average Bonchev–Trinajstić information content (AvgIpc) is 2.62. The Morgan fingerprint density at radius 2 is 2.19 bits per heavy atom. The van der Waals surface area contributed by atoms with Crippen LogP contribution in [0.4, 0.5) is 0 Å². The molecular formula is C10H18N4OS.